The Bertz CT molecular complexity index is 805. The number of hydrogen-bond acceptors (Lipinski definition) is 4. The van der Waals surface area contributed by atoms with Crippen molar-refractivity contribution in [3.05, 3.63) is 51.7 Å². The molecule has 0 aliphatic heterocycles. The molecule has 0 unspecified atom stereocenters. The summed E-state index contributed by atoms with van der Waals surface area (Å²) in [4.78, 5) is 11.7. The number of hydrogen-bond donors (Lipinski definition) is 1. The van der Waals surface area contributed by atoms with Gasteiger partial charge in [0.1, 0.15) is 16.5 Å². The van der Waals surface area contributed by atoms with E-state index >= 15 is 0 Å². The summed E-state index contributed by atoms with van der Waals surface area (Å²) < 4.78 is 0. The van der Waals surface area contributed by atoms with E-state index < -0.39 is 0 Å². The lowest BCUT2D eigenvalue weighted by molar-refractivity contribution is 0.994. The second kappa shape index (κ2) is 5.45. The van der Waals surface area contributed by atoms with Crippen molar-refractivity contribution >= 4 is 27.4 Å². The topological polar surface area (TPSA) is 37.8 Å². The second-order valence-electron chi connectivity index (χ2n) is 5.41. The Morgan fingerprint density at radius 1 is 1.05 bits per heavy atom. The molecule has 0 amide bonds. The van der Waals surface area contributed by atoms with E-state index in [1.807, 2.05) is 7.05 Å². The van der Waals surface area contributed by atoms with Gasteiger partial charge >= 0.3 is 0 Å². The minimum atomic E-state index is 0.767. The molecule has 21 heavy (non-hydrogen) atoms. The summed E-state index contributed by atoms with van der Waals surface area (Å²) in [7, 11) is 1.91. The molecule has 3 aromatic rings. The van der Waals surface area contributed by atoms with E-state index in [1.54, 1.807) is 11.3 Å². The van der Waals surface area contributed by atoms with E-state index in [0.717, 1.165) is 28.3 Å². The van der Waals surface area contributed by atoms with Crippen molar-refractivity contribution in [2.75, 3.05) is 12.4 Å². The van der Waals surface area contributed by atoms with Crippen molar-refractivity contribution in [2.24, 2.45) is 0 Å². The molecule has 108 valence electrons. The standard InChI is InChI=1S/C17H19N3S/c1-10-5-6-13(7-11(10)2)9-15-19-16(18-4)14-8-12(3)21-17(14)20-15/h5-8H,9H2,1-4H3,(H,18,19,20). The first-order chi connectivity index (χ1) is 10.1. The molecule has 2 aromatic heterocycles. The van der Waals surface area contributed by atoms with Crippen molar-refractivity contribution in [2.45, 2.75) is 27.2 Å². The number of aryl methyl sites for hydroxylation is 3. The van der Waals surface area contributed by atoms with Gasteiger partial charge < -0.3 is 5.32 Å². The molecule has 4 heteroatoms. The van der Waals surface area contributed by atoms with E-state index in [0.29, 0.717) is 0 Å². The minimum absolute atomic E-state index is 0.767. The summed E-state index contributed by atoms with van der Waals surface area (Å²) in [5.74, 6) is 1.79. The molecule has 1 aromatic carbocycles. The average Bonchev–Trinajstić information content (AvgIpc) is 2.82. The maximum atomic E-state index is 4.72. The van der Waals surface area contributed by atoms with Gasteiger partial charge in [-0.25, -0.2) is 9.97 Å². The van der Waals surface area contributed by atoms with Gasteiger partial charge in [-0.2, -0.15) is 0 Å². The highest BCUT2D eigenvalue weighted by atomic mass is 32.1. The van der Waals surface area contributed by atoms with Crippen LogP contribution in [0.3, 0.4) is 0 Å². The molecule has 1 N–H and O–H groups in total. The van der Waals surface area contributed by atoms with Gasteiger partial charge in [0.2, 0.25) is 0 Å². The van der Waals surface area contributed by atoms with Crippen molar-refractivity contribution < 1.29 is 0 Å². The average molecular weight is 297 g/mol. The quantitative estimate of drug-likeness (QED) is 0.785. The molecule has 0 fully saturated rings. The van der Waals surface area contributed by atoms with Crippen LogP contribution in [-0.2, 0) is 6.42 Å². The Kier molecular flexibility index (Phi) is 3.64. The summed E-state index contributed by atoms with van der Waals surface area (Å²) in [5.41, 5.74) is 3.89. The fourth-order valence-electron chi connectivity index (χ4n) is 2.45. The lowest BCUT2D eigenvalue weighted by atomic mass is 10.0. The predicted octanol–water partition coefficient (Wildman–Crippen LogP) is 4.25. The summed E-state index contributed by atoms with van der Waals surface area (Å²) in [6, 6.07) is 8.69. The Hall–Kier alpha value is -1.94. The largest absolute Gasteiger partial charge is 0.372 e. The molecular weight excluding hydrogens is 278 g/mol. The van der Waals surface area contributed by atoms with Crippen LogP contribution in [0.4, 0.5) is 5.82 Å². The SMILES string of the molecule is CNc1nc(Cc2ccc(C)c(C)c2)nc2sc(C)cc12. The van der Waals surface area contributed by atoms with Gasteiger partial charge in [-0.3, -0.25) is 0 Å². The van der Waals surface area contributed by atoms with E-state index in [9.17, 15) is 0 Å². The third-order valence-electron chi connectivity index (χ3n) is 3.73. The number of benzene rings is 1. The van der Waals surface area contributed by atoms with Gasteiger partial charge in [0.15, 0.2) is 0 Å². The van der Waals surface area contributed by atoms with Crippen LogP contribution in [0, 0.1) is 20.8 Å². The zero-order valence-electron chi connectivity index (χ0n) is 12.8. The Morgan fingerprint density at radius 3 is 2.57 bits per heavy atom. The highest BCUT2D eigenvalue weighted by Crippen LogP contribution is 2.28. The van der Waals surface area contributed by atoms with Crippen molar-refractivity contribution in [3.8, 4) is 0 Å². The van der Waals surface area contributed by atoms with Gasteiger partial charge in [0, 0.05) is 18.3 Å². The van der Waals surface area contributed by atoms with Gasteiger partial charge in [-0.15, -0.1) is 11.3 Å². The van der Waals surface area contributed by atoms with Crippen LogP contribution in [0.15, 0.2) is 24.3 Å². The van der Waals surface area contributed by atoms with Gasteiger partial charge in [-0.1, -0.05) is 18.2 Å². The maximum Gasteiger partial charge on any atom is 0.138 e. The predicted molar refractivity (Wildman–Crippen MR) is 90.4 cm³/mol. The summed E-state index contributed by atoms with van der Waals surface area (Å²) in [6.07, 6.45) is 0.767. The molecular formula is C17H19N3S. The van der Waals surface area contributed by atoms with Gasteiger partial charge in [-0.05, 0) is 43.5 Å². The number of rotatable bonds is 3. The first-order valence-corrected chi connectivity index (χ1v) is 7.89. The lowest BCUT2D eigenvalue weighted by Crippen LogP contribution is -2.01. The second-order valence-corrected chi connectivity index (χ2v) is 6.64. The number of anilines is 1. The van der Waals surface area contributed by atoms with E-state index in [-0.39, 0.29) is 0 Å². The van der Waals surface area contributed by atoms with E-state index in [2.05, 4.69) is 55.3 Å². The fourth-order valence-corrected chi connectivity index (χ4v) is 3.35. The van der Waals surface area contributed by atoms with Crippen LogP contribution in [0.25, 0.3) is 10.2 Å². The van der Waals surface area contributed by atoms with Crippen LogP contribution < -0.4 is 5.32 Å². The number of fused-ring (bicyclic) bond motifs is 1. The molecule has 0 radical (unpaired) electrons. The monoisotopic (exact) mass is 297 g/mol. The third kappa shape index (κ3) is 2.76. The Labute approximate surface area is 129 Å². The van der Waals surface area contributed by atoms with Crippen LogP contribution in [-0.4, -0.2) is 17.0 Å². The molecule has 0 saturated heterocycles. The van der Waals surface area contributed by atoms with Crippen LogP contribution in [0.1, 0.15) is 27.4 Å². The van der Waals surface area contributed by atoms with Crippen molar-refractivity contribution in [1.82, 2.24) is 9.97 Å². The van der Waals surface area contributed by atoms with Crippen LogP contribution in [0.5, 0.6) is 0 Å². The highest BCUT2D eigenvalue weighted by Gasteiger charge is 2.10. The molecule has 2 heterocycles. The lowest BCUT2D eigenvalue weighted by Gasteiger charge is -2.07. The summed E-state index contributed by atoms with van der Waals surface area (Å²) in [5, 5.41) is 4.30. The number of thiophene rings is 1. The van der Waals surface area contributed by atoms with Crippen LogP contribution >= 0.6 is 11.3 Å². The molecule has 0 spiro atoms. The fraction of sp³-hybridized carbons (Fsp3) is 0.294. The van der Waals surface area contributed by atoms with Crippen molar-refractivity contribution in [1.29, 1.82) is 0 Å². The molecule has 3 nitrogen and oxygen atoms in total. The zero-order chi connectivity index (χ0) is 15.0. The minimum Gasteiger partial charge on any atom is -0.372 e. The first kappa shape index (κ1) is 14.0. The molecule has 0 saturated carbocycles. The Morgan fingerprint density at radius 2 is 1.86 bits per heavy atom. The summed E-state index contributed by atoms with van der Waals surface area (Å²) in [6.45, 7) is 6.38. The van der Waals surface area contributed by atoms with Crippen LogP contribution in [0.2, 0.25) is 0 Å². The maximum absolute atomic E-state index is 4.72. The molecule has 3 rings (SSSR count). The smallest absolute Gasteiger partial charge is 0.138 e. The summed E-state index contributed by atoms with van der Waals surface area (Å²) >= 11 is 1.72. The molecule has 0 bridgehead atoms. The number of nitrogens with one attached hydrogen (secondary N) is 1. The third-order valence-corrected chi connectivity index (χ3v) is 4.68. The zero-order valence-corrected chi connectivity index (χ0v) is 13.6. The van der Waals surface area contributed by atoms with E-state index in [1.165, 1.54) is 21.6 Å². The number of aromatic nitrogens is 2. The van der Waals surface area contributed by atoms with Gasteiger partial charge in [0.05, 0.1) is 5.39 Å². The first-order valence-electron chi connectivity index (χ1n) is 7.08. The highest BCUT2D eigenvalue weighted by molar-refractivity contribution is 7.18. The Balaban J connectivity index is 2.01. The molecule has 0 atom stereocenters. The molecule has 0 aliphatic carbocycles. The van der Waals surface area contributed by atoms with E-state index in [4.69, 9.17) is 4.98 Å². The van der Waals surface area contributed by atoms with Crippen molar-refractivity contribution in [3.63, 3.8) is 0 Å². The molecule has 0 aliphatic rings. The van der Waals surface area contributed by atoms with Gasteiger partial charge in [0.25, 0.3) is 0 Å². The number of nitrogens with zero attached hydrogens (tertiary/aromatic N) is 2. The normalized spacial score (nSPS) is 11.0.